The number of anilines is 3. The average molecular weight is 419 g/mol. The van der Waals surface area contributed by atoms with E-state index in [2.05, 4.69) is 67.6 Å². The van der Waals surface area contributed by atoms with Gasteiger partial charge in [0, 0.05) is 47.7 Å². The highest BCUT2D eigenvalue weighted by Crippen LogP contribution is 2.20. The Morgan fingerprint density at radius 3 is 2.32 bits per heavy atom. The van der Waals surface area contributed by atoms with Gasteiger partial charge in [-0.3, -0.25) is 0 Å². The summed E-state index contributed by atoms with van der Waals surface area (Å²) in [6.45, 7) is 7.81. The first-order chi connectivity index (χ1) is 12.1. The topological polar surface area (TPSA) is 30.5 Å². The fourth-order valence-electron chi connectivity index (χ4n) is 2.94. The smallest absolute Gasteiger partial charge is 0.175 e. The van der Waals surface area contributed by atoms with Gasteiger partial charge in [-0.2, -0.15) is 0 Å². The summed E-state index contributed by atoms with van der Waals surface area (Å²) in [4.78, 5) is 4.92. The van der Waals surface area contributed by atoms with E-state index in [1.807, 2.05) is 24.3 Å². The van der Waals surface area contributed by atoms with Crippen LogP contribution in [0.4, 0.5) is 17.1 Å². The molecule has 2 aromatic rings. The van der Waals surface area contributed by atoms with Crippen molar-refractivity contribution in [3.63, 3.8) is 0 Å². The molecule has 1 fully saturated rings. The minimum Gasteiger partial charge on any atom is -0.369 e. The van der Waals surface area contributed by atoms with Crippen LogP contribution in [-0.2, 0) is 0 Å². The van der Waals surface area contributed by atoms with Crippen molar-refractivity contribution in [3.8, 4) is 0 Å². The summed E-state index contributed by atoms with van der Waals surface area (Å²) in [6, 6.07) is 16.4. The number of hydrogen-bond acceptors (Lipinski definition) is 3. The Morgan fingerprint density at radius 1 is 1.00 bits per heavy atom. The Balaban J connectivity index is 1.54. The predicted molar refractivity (Wildman–Crippen MR) is 115 cm³/mol. The van der Waals surface area contributed by atoms with Crippen LogP contribution in [0.2, 0.25) is 0 Å². The molecule has 25 heavy (non-hydrogen) atoms. The van der Waals surface area contributed by atoms with E-state index in [0.717, 1.165) is 48.6 Å². The Morgan fingerprint density at radius 2 is 1.68 bits per heavy atom. The van der Waals surface area contributed by atoms with Gasteiger partial charge >= 0.3 is 0 Å². The number of hydrogen-bond donors (Lipinski definition) is 2. The second-order valence-electron chi connectivity index (χ2n) is 6.06. The van der Waals surface area contributed by atoms with Crippen molar-refractivity contribution in [2.24, 2.45) is 0 Å². The molecule has 2 N–H and O–H groups in total. The highest BCUT2D eigenvalue weighted by atomic mass is 79.9. The summed E-state index contributed by atoms with van der Waals surface area (Å²) in [5.41, 5.74) is 3.22. The van der Waals surface area contributed by atoms with Crippen LogP contribution in [0.25, 0.3) is 0 Å². The van der Waals surface area contributed by atoms with Crippen LogP contribution in [0, 0.1) is 0 Å². The quantitative estimate of drug-likeness (QED) is 0.718. The first-order valence-corrected chi connectivity index (χ1v) is 9.75. The van der Waals surface area contributed by atoms with Gasteiger partial charge in [0.25, 0.3) is 0 Å². The molecule has 132 valence electrons. The van der Waals surface area contributed by atoms with Crippen molar-refractivity contribution in [3.05, 3.63) is 53.0 Å². The fraction of sp³-hybridized carbons (Fsp3) is 0.316. The van der Waals surface area contributed by atoms with Gasteiger partial charge in [0.1, 0.15) is 0 Å². The second kappa shape index (κ2) is 8.65. The van der Waals surface area contributed by atoms with Gasteiger partial charge in [-0.05, 0) is 61.2 Å². The van der Waals surface area contributed by atoms with Gasteiger partial charge < -0.3 is 20.4 Å². The highest BCUT2D eigenvalue weighted by molar-refractivity contribution is 9.10. The standard InChI is InChI=1S/C19H23BrN4S/c1-2-23-10-12-24(13-11-23)18-8-6-16(7-9-18)21-19(25)22-17-5-3-4-15(20)14-17/h3-9,14H,2,10-13H2,1H3,(H2,21,22,25). The maximum atomic E-state index is 5.39. The van der Waals surface area contributed by atoms with E-state index in [1.165, 1.54) is 5.69 Å². The van der Waals surface area contributed by atoms with Crippen molar-refractivity contribution >= 4 is 50.3 Å². The lowest BCUT2D eigenvalue weighted by molar-refractivity contribution is 0.271. The van der Waals surface area contributed by atoms with Crippen molar-refractivity contribution in [2.75, 3.05) is 48.3 Å². The van der Waals surface area contributed by atoms with Crippen molar-refractivity contribution in [1.29, 1.82) is 0 Å². The van der Waals surface area contributed by atoms with E-state index in [0.29, 0.717) is 5.11 Å². The molecule has 0 bridgehead atoms. The molecule has 0 saturated carbocycles. The molecule has 1 heterocycles. The minimum absolute atomic E-state index is 0.586. The third kappa shape index (κ3) is 5.17. The monoisotopic (exact) mass is 418 g/mol. The molecule has 4 nitrogen and oxygen atoms in total. The maximum absolute atomic E-state index is 5.39. The van der Waals surface area contributed by atoms with Crippen LogP contribution in [0.1, 0.15) is 6.92 Å². The fourth-order valence-corrected chi connectivity index (χ4v) is 3.57. The van der Waals surface area contributed by atoms with Crippen LogP contribution in [0.3, 0.4) is 0 Å². The van der Waals surface area contributed by atoms with Gasteiger partial charge in [-0.15, -0.1) is 0 Å². The van der Waals surface area contributed by atoms with E-state index in [-0.39, 0.29) is 0 Å². The van der Waals surface area contributed by atoms with Gasteiger partial charge in [-0.1, -0.05) is 28.9 Å². The summed E-state index contributed by atoms with van der Waals surface area (Å²) in [7, 11) is 0. The molecule has 1 saturated heterocycles. The van der Waals surface area contributed by atoms with E-state index in [4.69, 9.17) is 12.2 Å². The lowest BCUT2D eigenvalue weighted by Gasteiger charge is -2.35. The van der Waals surface area contributed by atoms with Crippen LogP contribution < -0.4 is 15.5 Å². The lowest BCUT2D eigenvalue weighted by atomic mass is 10.2. The van der Waals surface area contributed by atoms with E-state index >= 15 is 0 Å². The van der Waals surface area contributed by atoms with Crippen molar-refractivity contribution in [2.45, 2.75) is 6.92 Å². The number of nitrogens with zero attached hydrogens (tertiary/aromatic N) is 2. The predicted octanol–water partition coefficient (Wildman–Crippen LogP) is 4.40. The zero-order valence-electron chi connectivity index (χ0n) is 14.3. The summed E-state index contributed by atoms with van der Waals surface area (Å²) < 4.78 is 1.02. The van der Waals surface area contributed by atoms with E-state index in [1.54, 1.807) is 0 Å². The number of piperazine rings is 1. The third-order valence-electron chi connectivity index (χ3n) is 4.39. The van der Waals surface area contributed by atoms with Crippen LogP contribution >= 0.6 is 28.1 Å². The summed E-state index contributed by atoms with van der Waals surface area (Å²) in [5.74, 6) is 0. The molecule has 2 aromatic carbocycles. The first kappa shape index (κ1) is 18.2. The van der Waals surface area contributed by atoms with Crippen molar-refractivity contribution in [1.82, 2.24) is 4.90 Å². The number of nitrogens with one attached hydrogen (secondary N) is 2. The number of likely N-dealkylation sites (N-methyl/N-ethyl adjacent to an activating group) is 1. The average Bonchev–Trinajstić information content (AvgIpc) is 2.62. The number of benzene rings is 2. The van der Waals surface area contributed by atoms with Crippen LogP contribution in [0.5, 0.6) is 0 Å². The molecule has 1 aliphatic rings. The number of thiocarbonyl (C=S) groups is 1. The number of rotatable bonds is 4. The van der Waals surface area contributed by atoms with Gasteiger partial charge in [0.2, 0.25) is 0 Å². The SMILES string of the molecule is CCN1CCN(c2ccc(NC(=S)Nc3cccc(Br)c3)cc2)CC1. The molecular formula is C19H23BrN4S. The molecule has 0 amide bonds. The molecule has 3 rings (SSSR count). The van der Waals surface area contributed by atoms with Gasteiger partial charge in [0.05, 0.1) is 0 Å². The van der Waals surface area contributed by atoms with E-state index in [9.17, 15) is 0 Å². The summed E-state index contributed by atoms with van der Waals surface area (Å²) >= 11 is 8.85. The summed E-state index contributed by atoms with van der Waals surface area (Å²) in [6.07, 6.45) is 0. The Bertz CT molecular complexity index is 712. The van der Waals surface area contributed by atoms with Crippen molar-refractivity contribution < 1.29 is 0 Å². The summed E-state index contributed by atoms with van der Waals surface area (Å²) in [5, 5.41) is 7.01. The molecular weight excluding hydrogens is 396 g/mol. The molecule has 0 aliphatic carbocycles. The second-order valence-corrected chi connectivity index (χ2v) is 7.38. The zero-order valence-corrected chi connectivity index (χ0v) is 16.7. The highest BCUT2D eigenvalue weighted by Gasteiger charge is 2.15. The Hall–Kier alpha value is -1.63. The Kier molecular flexibility index (Phi) is 6.29. The lowest BCUT2D eigenvalue weighted by Crippen LogP contribution is -2.46. The van der Waals surface area contributed by atoms with Crippen LogP contribution in [-0.4, -0.2) is 42.7 Å². The molecule has 0 aromatic heterocycles. The van der Waals surface area contributed by atoms with Gasteiger partial charge in [0.15, 0.2) is 5.11 Å². The first-order valence-electron chi connectivity index (χ1n) is 8.55. The Labute approximate surface area is 163 Å². The number of halogens is 1. The third-order valence-corrected chi connectivity index (χ3v) is 5.09. The zero-order chi connectivity index (χ0) is 17.6. The molecule has 1 aliphatic heterocycles. The largest absolute Gasteiger partial charge is 0.369 e. The van der Waals surface area contributed by atoms with Gasteiger partial charge in [-0.25, -0.2) is 0 Å². The maximum Gasteiger partial charge on any atom is 0.175 e. The minimum atomic E-state index is 0.586. The molecule has 0 unspecified atom stereocenters. The van der Waals surface area contributed by atoms with E-state index < -0.39 is 0 Å². The normalized spacial score (nSPS) is 15.0. The molecule has 0 radical (unpaired) electrons. The molecule has 0 spiro atoms. The molecule has 6 heteroatoms. The van der Waals surface area contributed by atoms with Crippen LogP contribution in [0.15, 0.2) is 53.0 Å². The molecule has 0 atom stereocenters.